The number of fused-ring (bicyclic) bond motifs is 1. The Labute approximate surface area is 161 Å². The first-order valence-corrected chi connectivity index (χ1v) is 9.11. The Bertz CT molecular complexity index is 1170. The lowest BCUT2D eigenvalue weighted by Gasteiger charge is -2.16. The van der Waals surface area contributed by atoms with Crippen molar-refractivity contribution >= 4 is 22.6 Å². The second-order valence-electron chi connectivity index (χ2n) is 6.85. The van der Waals surface area contributed by atoms with E-state index in [1.807, 2.05) is 49.6 Å². The molecule has 1 aromatic carbocycles. The van der Waals surface area contributed by atoms with Crippen LogP contribution in [0.3, 0.4) is 0 Å². The van der Waals surface area contributed by atoms with E-state index in [4.69, 9.17) is 4.98 Å². The molecule has 2 amide bonds. The zero-order valence-corrected chi connectivity index (χ0v) is 15.3. The molecule has 28 heavy (non-hydrogen) atoms. The number of benzene rings is 1. The summed E-state index contributed by atoms with van der Waals surface area (Å²) in [7, 11) is 0. The lowest BCUT2D eigenvalue weighted by Crippen LogP contribution is -2.27. The van der Waals surface area contributed by atoms with E-state index in [1.165, 1.54) is 0 Å². The molecule has 0 bridgehead atoms. The summed E-state index contributed by atoms with van der Waals surface area (Å²) >= 11 is 0. The molecule has 0 spiro atoms. The zero-order chi connectivity index (χ0) is 19.1. The van der Waals surface area contributed by atoms with E-state index in [9.17, 15) is 4.79 Å². The molecule has 0 unspecified atom stereocenters. The van der Waals surface area contributed by atoms with E-state index < -0.39 is 0 Å². The second-order valence-corrected chi connectivity index (χ2v) is 6.85. The fraction of sp³-hybridized carbons (Fsp3) is 0.143. The number of carbonyl (C=O) groups is 1. The van der Waals surface area contributed by atoms with Crippen molar-refractivity contribution in [3.8, 4) is 22.5 Å². The maximum absolute atomic E-state index is 12.1. The topological polar surface area (TPSA) is 86.8 Å². The van der Waals surface area contributed by atoms with Crippen LogP contribution in [0.5, 0.6) is 0 Å². The van der Waals surface area contributed by atoms with Gasteiger partial charge in [0.25, 0.3) is 0 Å². The Kier molecular flexibility index (Phi) is 3.79. The van der Waals surface area contributed by atoms with Crippen LogP contribution in [0.4, 0.5) is 10.5 Å². The van der Waals surface area contributed by atoms with Gasteiger partial charge >= 0.3 is 6.03 Å². The summed E-state index contributed by atoms with van der Waals surface area (Å²) < 4.78 is 0. The number of hydrogen-bond donors (Lipinski definition) is 2. The van der Waals surface area contributed by atoms with E-state index in [0.29, 0.717) is 13.1 Å². The molecular weight excluding hydrogens is 352 g/mol. The Hall–Kier alpha value is -3.74. The minimum Gasteiger partial charge on any atom is -0.336 e. The summed E-state index contributed by atoms with van der Waals surface area (Å²) in [6, 6.07) is 12.0. The van der Waals surface area contributed by atoms with Gasteiger partial charge in [0, 0.05) is 47.7 Å². The van der Waals surface area contributed by atoms with Crippen LogP contribution in [0.15, 0.2) is 55.0 Å². The molecule has 4 aromatic rings. The van der Waals surface area contributed by atoms with Crippen LogP contribution in [0.25, 0.3) is 33.4 Å². The van der Waals surface area contributed by atoms with Crippen LogP contribution < -0.4 is 10.2 Å². The number of aromatic amines is 1. The predicted molar refractivity (Wildman–Crippen MR) is 108 cm³/mol. The molecule has 1 aliphatic rings. The Morgan fingerprint density at radius 2 is 2.00 bits per heavy atom. The highest BCUT2D eigenvalue weighted by Gasteiger charge is 2.22. The molecule has 5 rings (SSSR count). The average Bonchev–Trinajstić information content (AvgIpc) is 3.39. The van der Waals surface area contributed by atoms with Gasteiger partial charge in [-0.1, -0.05) is 12.1 Å². The number of nitrogens with one attached hydrogen (secondary N) is 2. The van der Waals surface area contributed by atoms with Crippen molar-refractivity contribution in [2.24, 2.45) is 0 Å². The molecule has 3 aromatic heterocycles. The maximum atomic E-state index is 12.1. The fourth-order valence-electron chi connectivity index (χ4n) is 3.48. The van der Waals surface area contributed by atoms with Crippen LogP contribution in [-0.4, -0.2) is 39.3 Å². The third-order valence-corrected chi connectivity index (χ3v) is 4.94. The minimum atomic E-state index is -0.0780. The van der Waals surface area contributed by atoms with Crippen molar-refractivity contribution in [2.45, 2.75) is 6.92 Å². The highest BCUT2D eigenvalue weighted by Crippen LogP contribution is 2.33. The van der Waals surface area contributed by atoms with Crippen LogP contribution >= 0.6 is 0 Å². The number of carbonyl (C=O) groups excluding carboxylic acids is 1. The minimum absolute atomic E-state index is 0.0780. The molecule has 0 aliphatic carbocycles. The van der Waals surface area contributed by atoms with Crippen LogP contribution in [-0.2, 0) is 0 Å². The molecule has 1 fully saturated rings. The van der Waals surface area contributed by atoms with Crippen molar-refractivity contribution in [3.05, 3.63) is 60.6 Å². The van der Waals surface area contributed by atoms with Gasteiger partial charge in [-0.25, -0.2) is 9.78 Å². The van der Waals surface area contributed by atoms with Gasteiger partial charge in [-0.05, 0) is 36.8 Å². The fourth-order valence-corrected chi connectivity index (χ4v) is 3.48. The standard InChI is InChI=1S/C21H18N6O/c1-13-2-5-18(23-10-13)17-9-19(14-11-24-25-12-14)26-20-8-15(3-4-16(17)20)27-7-6-22-21(27)28/h2-5,8-12H,6-7H2,1H3,(H,22,28)(H,24,25). The van der Waals surface area contributed by atoms with Gasteiger partial charge in [-0.15, -0.1) is 0 Å². The number of H-pyrrole nitrogens is 1. The van der Waals surface area contributed by atoms with Crippen molar-refractivity contribution in [1.29, 1.82) is 0 Å². The molecule has 138 valence electrons. The monoisotopic (exact) mass is 370 g/mol. The van der Waals surface area contributed by atoms with Gasteiger partial charge in [0.1, 0.15) is 0 Å². The number of rotatable bonds is 3. The van der Waals surface area contributed by atoms with Crippen molar-refractivity contribution in [2.75, 3.05) is 18.0 Å². The number of aryl methyl sites for hydroxylation is 1. The first kappa shape index (κ1) is 16.4. The van der Waals surface area contributed by atoms with Gasteiger partial charge in [-0.2, -0.15) is 5.10 Å². The van der Waals surface area contributed by atoms with Gasteiger partial charge < -0.3 is 5.32 Å². The Morgan fingerprint density at radius 3 is 2.71 bits per heavy atom. The van der Waals surface area contributed by atoms with Crippen LogP contribution in [0.1, 0.15) is 5.56 Å². The first-order valence-electron chi connectivity index (χ1n) is 9.11. The number of urea groups is 1. The number of nitrogens with zero attached hydrogens (tertiary/aromatic N) is 4. The third kappa shape index (κ3) is 2.77. The van der Waals surface area contributed by atoms with Gasteiger partial charge in [0.15, 0.2) is 0 Å². The molecule has 0 atom stereocenters. The largest absolute Gasteiger partial charge is 0.336 e. The van der Waals surface area contributed by atoms with Crippen molar-refractivity contribution in [3.63, 3.8) is 0 Å². The molecule has 1 aliphatic heterocycles. The lowest BCUT2D eigenvalue weighted by atomic mass is 10.0. The van der Waals surface area contributed by atoms with Gasteiger partial charge in [-0.3, -0.25) is 15.0 Å². The average molecular weight is 370 g/mol. The van der Waals surface area contributed by atoms with Crippen LogP contribution in [0.2, 0.25) is 0 Å². The van der Waals surface area contributed by atoms with Gasteiger partial charge in [0.2, 0.25) is 0 Å². The molecular formula is C21H18N6O. The quantitative estimate of drug-likeness (QED) is 0.578. The molecule has 1 saturated heterocycles. The molecule has 2 N–H and O–H groups in total. The molecule has 7 nitrogen and oxygen atoms in total. The molecule has 7 heteroatoms. The molecule has 0 radical (unpaired) electrons. The molecule has 4 heterocycles. The van der Waals surface area contributed by atoms with E-state index in [-0.39, 0.29) is 6.03 Å². The van der Waals surface area contributed by atoms with Gasteiger partial charge in [0.05, 0.1) is 23.1 Å². The van der Waals surface area contributed by atoms with E-state index >= 15 is 0 Å². The first-order chi connectivity index (χ1) is 13.7. The summed E-state index contributed by atoms with van der Waals surface area (Å²) in [6.07, 6.45) is 5.43. The number of aromatic nitrogens is 4. The lowest BCUT2D eigenvalue weighted by molar-refractivity contribution is 0.252. The number of amides is 2. The zero-order valence-electron chi connectivity index (χ0n) is 15.3. The highest BCUT2D eigenvalue weighted by atomic mass is 16.2. The summed E-state index contributed by atoms with van der Waals surface area (Å²) in [6.45, 7) is 3.32. The Balaban J connectivity index is 1.72. The van der Waals surface area contributed by atoms with E-state index in [1.54, 1.807) is 11.1 Å². The van der Waals surface area contributed by atoms with E-state index in [0.717, 1.165) is 44.7 Å². The Morgan fingerprint density at radius 1 is 1.07 bits per heavy atom. The normalized spacial score (nSPS) is 13.9. The third-order valence-electron chi connectivity index (χ3n) is 4.94. The van der Waals surface area contributed by atoms with Crippen LogP contribution in [0, 0.1) is 6.92 Å². The molecule has 0 saturated carbocycles. The second kappa shape index (κ2) is 6.45. The number of anilines is 1. The van der Waals surface area contributed by atoms with E-state index in [2.05, 4.69) is 26.6 Å². The summed E-state index contributed by atoms with van der Waals surface area (Å²) in [5, 5.41) is 10.7. The summed E-state index contributed by atoms with van der Waals surface area (Å²) in [5.74, 6) is 0. The SMILES string of the molecule is Cc1ccc(-c2cc(-c3cn[nH]c3)nc3cc(N4CCNC4=O)ccc23)nc1. The summed E-state index contributed by atoms with van der Waals surface area (Å²) in [5.41, 5.74) is 6.35. The highest BCUT2D eigenvalue weighted by molar-refractivity contribution is 6.00. The number of pyridine rings is 2. The number of hydrogen-bond acceptors (Lipinski definition) is 4. The van der Waals surface area contributed by atoms with Crippen molar-refractivity contribution in [1.82, 2.24) is 25.5 Å². The maximum Gasteiger partial charge on any atom is 0.321 e. The summed E-state index contributed by atoms with van der Waals surface area (Å²) in [4.78, 5) is 23.2. The smallest absolute Gasteiger partial charge is 0.321 e. The van der Waals surface area contributed by atoms with Crippen molar-refractivity contribution < 1.29 is 4.79 Å². The predicted octanol–water partition coefficient (Wildman–Crippen LogP) is 3.52.